The summed E-state index contributed by atoms with van der Waals surface area (Å²) in [4.78, 5) is 25.3. The summed E-state index contributed by atoms with van der Waals surface area (Å²) in [5, 5.41) is 21.6. The fraction of sp³-hybridized carbons (Fsp3) is 0.891. The zero-order chi connectivity index (χ0) is 44.8. The number of carbonyl (C=O) groups excluding carboxylic acids is 1. The first-order valence-electron chi connectivity index (χ1n) is 26.1. The number of aliphatic carboxylic acids is 1. The quantitative estimate of drug-likeness (QED) is 0.0367. The van der Waals surface area contributed by atoms with Crippen LogP contribution in [0.25, 0.3) is 0 Å². The van der Waals surface area contributed by atoms with E-state index in [0.717, 1.165) is 49.7 Å². The van der Waals surface area contributed by atoms with Gasteiger partial charge in [-0.1, -0.05) is 267 Å². The maximum Gasteiger partial charge on any atom is 0.318 e. The van der Waals surface area contributed by atoms with Gasteiger partial charge < -0.3 is 14.9 Å². The van der Waals surface area contributed by atoms with Crippen molar-refractivity contribution < 1.29 is 24.5 Å². The van der Waals surface area contributed by atoms with Gasteiger partial charge in [0.1, 0.15) is 12.0 Å². The number of hydrogen-bond acceptors (Lipinski definition) is 4. The molecule has 0 saturated heterocycles. The average Bonchev–Trinajstić information content (AvgIpc) is 3.17. The standard InChI is InChI=1S/C55H102O5/c1-10-12-14-16-18-20-22-24-26-28-30-32-34-36-38-40-42-55(60-50(58)45-49(56)57,47-44-48(52(3,4)5)51(59)54(9,46-47)53(6,7)8)43-41-39-37-35-33-31-29-27-25-23-21-19-17-15-13-11-2/h44,46,51,59H,10-43,45H2,1-9H3,(H,56,57). The molecular formula is C55H102O5. The zero-order valence-electron chi connectivity index (χ0n) is 41.6. The predicted molar refractivity (Wildman–Crippen MR) is 259 cm³/mol. The molecular weight excluding hydrogens is 741 g/mol. The highest BCUT2D eigenvalue weighted by atomic mass is 16.6. The lowest BCUT2D eigenvalue weighted by molar-refractivity contribution is -0.162. The lowest BCUT2D eigenvalue weighted by atomic mass is 9.56. The number of rotatable bonds is 38. The van der Waals surface area contributed by atoms with E-state index >= 15 is 0 Å². The second kappa shape index (κ2) is 32.1. The highest BCUT2D eigenvalue weighted by molar-refractivity contribution is 5.90. The minimum atomic E-state index is -1.16. The molecule has 0 aromatic carbocycles. The molecule has 352 valence electrons. The maximum absolute atomic E-state index is 13.5. The van der Waals surface area contributed by atoms with Crippen molar-refractivity contribution in [2.24, 2.45) is 16.2 Å². The first-order chi connectivity index (χ1) is 28.5. The molecule has 0 amide bonds. The third-order valence-corrected chi connectivity index (χ3v) is 14.1. The van der Waals surface area contributed by atoms with Crippen LogP contribution in [-0.4, -0.2) is 33.9 Å². The molecule has 1 rings (SSSR count). The van der Waals surface area contributed by atoms with Gasteiger partial charge in [0.05, 0.1) is 6.10 Å². The molecule has 0 aromatic rings. The number of carboxylic acid groups (broad SMARTS) is 1. The van der Waals surface area contributed by atoms with Crippen LogP contribution in [0.3, 0.4) is 0 Å². The summed E-state index contributed by atoms with van der Waals surface area (Å²) in [6.07, 6.45) is 45.9. The Hall–Kier alpha value is -1.62. The van der Waals surface area contributed by atoms with Crippen molar-refractivity contribution in [3.05, 3.63) is 23.3 Å². The Kier molecular flexibility index (Phi) is 30.2. The normalized spacial score (nSPS) is 17.5. The largest absolute Gasteiger partial charge is 0.481 e. The van der Waals surface area contributed by atoms with E-state index in [2.05, 4.69) is 74.5 Å². The van der Waals surface area contributed by atoms with Crippen molar-refractivity contribution in [2.45, 2.75) is 299 Å². The lowest BCUT2D eigenvalue weighted by Crippen LogP contribution is -2.49. The highest BCUT2D eigenvalue weighted by Crippen LogP contribution is 2.53. The summed E-state index contributed by atoms with van der Waals surface area (Å²) in [7, 11) is 0. The first kappa shape index (κ1) is 56.4. The van der Waals surface area contributed by atoms with Gasteiger partial charge in [0.25, 0.3) is 0 Å². The number of unbranched alkanes of at least 4 members (excludes halogenated alkanes) is 30. The van der Waals surface area contributed by atoms with E-state index in [1.807, 2.05) is 0 Å². The van der Waals surface area contributed by atoms with Crippen molar-refractivity contribution in [3.63, 3.8) is 0 Å². The van der Waals surface area contributed by atoms with Crippen LogP contribution in [0.4, 0.5) is 0 Å². The van der Waals surface area contributed by atoms with Gasteiger partial charge in [-0.2, -0.15) is 0 Å². The Balaban J connectivity index is 2.95. The summed E-state index contributed by atoms with van der Waals surface area (Å²) in [6.45, 7) is 19.7. The molecule has 1 aliphatic rings. The molecule has 2 unspecified atom stereocenters. The molecule has 0 radical (unpaired) electrons. The van der Waals surface area contributed by atoms with E-state index in [4.69, 9.17) is 4.74 Å². The van der Waals surface area contributed by atoms with Crippen LogP contribution < -0.4 is 0 Å². The fourth-order valence-corrected chi connectivity index (χ4v) is 9.40. The maximum atomic E-state index is 13.5. The minimum Gasteiger partial charge on any atom is -0.481 e. The summed E-state index contributed by atoms with van der Waals surface area (Å²) < 4.78 is 6.52. The Labute approximate surface area is 373 Å². The van der Waals surface area contributed by atoms with Crippen molar-refractivity contribution in [2.75, 3.05) is 0 Å². The summed E-state index contributed by atoms with van der Waals surface area (Å²) in [5.41, 5.74) is -0.201. The summed E-state index contributed by atoms with van der Waals surface area (Å²) in [5.74, 6) is -1.82. The molecule has 0 fully saturated rings. The fourth-order valence-electron chi connectivity index (χ4n) is 9.40. The smallest absolute Gasteiger partial charge is 0.318 e. The zero-order valence-corrected chi connectivity index (χ0v) is 41.6. The molecule has 0 saturated carbocycles. The van der Waals surface area contributed by atoms with Gasteiger partial charge in [0.15, 0.2) is 0 Å². The van der Waals surface area contributed by atoms with E-state index in [-0.39, 0.29) is 10.8 Å². The predicted octanol–water partition coefficient (Wildman–Crippen LogP) is 17.4. The van der Waals surface area contributed by atoms with Crippen LogP contribution in [0.1, 0.15) is 287 Å². The highest BCUT2D eigenvalue weighted by Gasteiger charge is 2.50. The SMILES string of the molecule is CCCCCCCCCCCCCCCCCCC(CCCCCCCCCCCCCCCCCC)(OC(=O)CC(=O)O)C1=CC(C)(C(C)(C)C)C(O)C(C(C)(C)C)=C1. The molecule has 0 aromatic heterocycles. The Morgan fingerprint density at radius 1 is 0.550 bits per heavy atom. The van der Waals surface area contributed by atoms with E-state index in [9.17, 15) is 19.8 Å². The van der Waals surface area contributed by atoms with Gasteiger partial charge in [-0.25, -0.2) is 0 Å². The molecule has 5 nitrogen and oxygen atoms in total. The molecule has 0 bridgehead atoms. The Morgan fingerprint density at radius 3 is 1.12 bits per heavy atom. The van der Waals surface area contributed by atoms with Crippen LogP contribution in [-0.2, 0) is 14.3 Å². The number of carboxylic acids is 1. The van der Waals surface area contributed by atoms with Crippen molar-refractivity contribution in [1.29, 1.82) is 0 Å². The van der Waals surface area contributed by atoms with Gasteiger partial charge in [-0.15, -0.1) is 0 Å². The van der Waals surface area contributed by atoms with Crippen molar-refractivity contribution >= 4 is 11.9 Å². The van der Waals surface area contributed by atoms with Gasteiger partial charge in [-0.3, -0.25) is 9.59 Å². The Bertz CT molecular complexity index is 1130. The van der Waals surface area contributed by atoms with E-state index < -0.39 is 35.5 Å². The minimum absolute atomic E-state index is 0.276. The molecule has 0 aliphatic heterocycles. The monoisotopic (exact) mass is 843 g/mol. The molecule has 2 atom stereocenters. The third kappa shape index (κ3) is 23.7. The van der Waals surface area contributed by atoms with Crippen LogP contribution in [0.15, 0.2) is 23.3 Å². The number of aliphatic hydroxyl groups excluding tert-OH is 1. The van der Waals surface area contributed by atoms with Crippen molar-refractivity contribution in [1.82, 2.24) is 0 Å². The van der Waals surface area contributed by atoms with E-state index in [0.29, 0.717) is 12.8 Å². The number of esters is 1. The second-order valence-electron chi connectivity index (χ2n) is 21.5. The number of aliphatic hydroxyl groups is 1. The molecule has 2 N–H and O–H groups in total. The summed E-state index contributed by atoms with van der Waals surface area (Å²) >= 11 is 0. The second-order valence-corrected chi connectivity index (χ2v) is 21.5. The molecule has 5 heteroatoms. The number of hydrogen-bond donors (Lipinski definition) is 2. The molecule has 1 aliphatic carbocycles. The van der Waals surface area contributed by atoms with Gasteiger partial charge in [-0.05, 0) is 47.7 Å². The van der Waals surface area contributed by atoms with Crippen LogP contribution in [0.2, 0.25) is 0 Å². The number of carbonyl (C=O) groups is 2. The lowest BCUT2D eigenvalue weighted by Gasteiger charge is -2.51. The van der Waals surface area contributed by atoms with E-state index in [1.54, 1.807) is 0 Å². The molecule has 0 heterocycles. The van der Waals surface area contributed by atoms with Crippen LogP contribution in [0.5, 0.6) is 0 Å². The van der Waals surface area contributed by atoms with Crippen LogP contribution >= 0.6 is 0 Å². The average molecular weight is 843 g/mol. The molecule has 0 spiro atoms. The summed E-state index contributed by atoms with van der Waals surface area (Å²) in [6, 6.07) is 0. The third-order valence-electron chi connectivity index (χ3n) is 14.1. The van der Waals surface area contributed by atoms with Gasteiger partial charge in [0, 0.05) is 5.41 Å². The molecule has 60 heavy (non-hydrogen) atoms. The topological polar surface area (TPSA) is 83.8 Å². The van der Waals surface area contributed by atoms with Crippen molar-refractivity contribution in [3.8, 4) is 0 Å². The van der Waals surface area contributed by atoms with E-state index in [1.165, 1.54) is 167 Å². The number of ether oxygens (including phenoxy) is 1. The van der Waals surface area contributed by atoms with Gasteiger partial charge in [0.2, 0.25) is 0 Å². The van der Waals surface area contributed by atoms with Crippen LogP contribution in [0, 0.1) is 16.2 Å². The first-order valence-corrected chi connectivity index (χ1v) is 26.1. The Morgan fingerprint density at radius 2 is 0.850 bits per heavy atom. The van der Waals surface area contributed by atoms with Gasteiger partial charge >= 0.3 is 11.9 Å².